The second kappa shape index (κ2) is 5.12. The van der Waals surface area contributed by atoms with E-state index in [0.717, 1.165) is 19.1 Å². The molecule has 2 fully saturated rings. The summed E-state index contributed by atoms with van der Waals surface area (Å²) >= 11 is 0. The van der Waals surface area contributed by atoms with Gasteiger partial charge in [0, 0.05) is 23.9 Å². The lowest BCUT2D eigenvalue weighted by Crippen LogP contribution is -2.52. The number of hydrogen-bond acceptors (Lipinski definition) is 3. The molecule has 2 heterocycles. The van der Waals surface area contributed by atoms with Crippen molar-refractivity contribution in [2.75, 3.05) is 0 Å². The van der Waals surface area contributed by atoms with Crippen LogP contribution in [0.4, 0.5) is 4.79 Å². The quantitative estimate of drug-likeness (QED) is 0.576. The number of rotatable bonds is 2. The van der Waals surface area contributed by atoms with Crippen LogP contribution in [0.15, 0.2) is 0 Å². The van der Waals surface area contributed by atoms with Gasteiger partial charge in [-0.25, -0.2) is 4.79 Å². The van der Waals surface area contributed by atoms with Crippen molar-refractivity contribution in [3.8, 4) is 12.3 Å². The third kappa shape index (κ3) is 2.82. The van der Waals surface area contributed by atoms with E-state index in [4.69, 9.17) is 11.2 Å². The second-order valence-electron chi connectivity index (χ2n) is 7.04. The van der Waals surface area contributed by atoms with Gasteiger partial charge in [0.05, 0.1) is 0 Å². The molecular weight excluding hydrogens is 254 g/mol. The fourth-order valence-corrected chi connectivity index (χ4v) is 3.48. The number of amides is 1. The Labute approximate surface area is 120 Å². The first kappa shape index (κ1) is 14.9. The summed E-state index contributed by atoms with van der Waals surface area (Å²) in [6.45, 7) is 5.60. The Hall–Kier alpha value is -1.50. The van der Waals surface area contributed by atoms with Crippen molar-refractivity contribution in [2.45, 2.75) is 70.6 Å². The molecule has 2 aliphatic heterocycles. The van der Waals surface area contributed by atoms with Gasteiger partial charge in [-0.1, -0.05) is 0 Å². The third-order valence-corrected chi connectivity index (χ3v) is 4.21. The predicted octanol–water partition coefficient (Wildman–Crippen LogP) is 2.76. The number of fused-ring (bicyclic) bond motifs is 2. The van der Waals surface area contributed by atoms with Crippen LogP contribution >= 0.6 is 0 Å². The molecule has 0 aliphatic carbocycles. The van der Waals surface area contributed by atoms with Gasteiger partial charge in [0.25, 0.3) is 0 Å². The number of carbonyl (C=O) groups excluding carboxylic acids is 2. The molecule has 2 atom stereocenters. The van der Waals surface area contributed by atoms with Crippen molar-refractivity contribution >= 4 is 12.4 Å². The van der Waals surface area contributed by atoms with E-state index in [1.807, 2.05) is 25.7 Å². The first-order valence-electron chi connectivity index (χ1n) is 7.21. The molecule has 2 rings (SSSR count). The molecule has 2 unspecified atom stereocenters. The molecule has 20 heavy (non-hydrogen) atoms. The first-order chi connectivity index (χ1) is 9.30. The normalized spacial score (nSPS) is 32.6. The van der Waals surface area contributed by atoms with Gasteiger partial charge < -0.3 is 14.4 Å². The Balaban J connectivity index is 2.13. The average Bonchev–Trinajstić information content (AvgIpc) is 2.61. The van der Waals surface area contributed by atoms with Gasteiger partial charge in [-0.15, -0.1) is 12.3 Å². The summed E-state index contributed by atoms with van der Waals surface area (Å²) in [6, 6.07) is 0.171. The Morgan fingerprint density at radius 2 is 1.95 bits per heavy atom. The van der Waals surface area contributed by atoms with E-state index in [9.17, 15) is 9.59 Å². The number of aldehydes is 1. The van der Waals surface area contributed by atoms with Crippen molar-refractivity contribution in [3.05, 3.63) is 0 Å². The highest BCUT2D eigenvalue weighted by Crippen LogP contribution is 2.46. The first-order valence-corrected chi connectivity index (χ1v) is 7.21. The average molecular weight is 277 g/mol. The molecular formula is C16H23NO3. The Morgan fingerprint density at radius 1 is 1.40 bits per heavy atom. The van der Waals surface area contributed by atoms with Crippen LogP contribution in [0.1, 0.15) is 52.9 Å². The fraction of sp³-hybridized carbons (Fsp3) is 0.750. The van der Waals surface area contributed by atoms with Crippen LogP contribution in [0.2, 0.25) is 0 Å². The van der Waals surface area contributed by atoms with Crippen LogP contribution < -0.4 is 0 Å². The van der Waals surface area contributed by atoms with Gasteiger partial charge >= 0.3 is 6.09 Å². The van der Waals surface area contributed by atoms with Gasteiger partial charge in [0.15, 0.2) is 0 Å². The highest BCUT2D eigenvalue weighted by atomic mass is 16.6. The third-order valence-electron chi connectivity index (χ3n) is 4.21. The second-order valence-corrected chi connectivity index (χ2v) is 7.04. The van der Waals surface area contributed by atoms with E-state index in [2.05, 4.69) is 5.92 Å². The van der Waals surface area contributed by atoms with Crippen molar-refractivity contribution in [3.63, 3.8) is 0 Å². The number of ether oxygens (including phenoxy) is 1. The molecule has 0 aromatic rings. The van der Waals surface area contributed by atoms with Gasteiger partial charge in [-0.2, -0.15) is 0 Å². The van der Waals surface area contributed by atoms with E-state index >= 15 is 0 Å². The maximum absolute atomic E-state index is 12.3. The summed E-state index contributed by atoms with van der Waals surface area (Å²) in [4.78, 5) is 25.6. The monoisotopic (exact) mass is 277 g/mol. The van der Waals surface area contributed by atoms with Crippen LogP contribution in [0, 0.1) is 17.8 Å². The van der Waals surface area contributed by atoms with Gasteiger partial charge in [0.1, 0.15) is 11.9 Å². The van der Waals surface area contributed by atoms with Gasteiger partial charge in [-0.3, -0.25) is 0 Å². The van der Waals surface area contributed by atoms with E-state index in [1.165, 1.54) is 0 Å². The molecule has 0 saturated carbocycles. The summed E-state index contributed by atoms with van der Waals surface area (Å²) in [5.74, 6) is 2.61. The minimum absolute atomic E-state index is 0.0853. The molecule has 0 radical (unpaired) electrons. The van der Waals surface area contributed by atoms with Gasteiger partial charge in [-0.05, 0) is 46.5 Å². The van der Waals surface area contributed by atoms with Crippen LogP contribution in [0.5, 0.6) is 0 Å². The Kier molecular flexibility index (Phi) is 3.82. The Morgan fingerprint density at radius 3 is 2.35 bits per heavy atom. The minimum Gasteiger partial charge on any atom is -0.444 e. The smallest absolute Gasteiger partial charge is 0.410 e. The summed E-state index contributed by atoms with van der Waals surface area (Å²) in [6.07, 6.45) is 9.80. The molecule has 4 nitrogen and oxygen atoms in total. The summed E-state index contributed by atoms with van der Waals surface area (Å²) in [5.41, 5.74) is -0.937. The maximum atomic E-state index is 12.3. The molecule has 0 aromatic carbocycles. The van der Waals surface area contributed by atoms with E-state index in [1.54, 1.807) is 0 Å². The SMILES string of the molecule is C#CCC1(C=O)CC2CCC(C1)N2C(=O)OC(C)(C)C. The van der Waals surface area contributed by atoms with Crippen LogP contribution in [-0.4, -0.2) is 35.0 Å². The van der Waals surface area contributed by atoms with Crippen molar-refractivity contribution < 1.29 is 14.3 Å². The summed E-state index contributed by atoms with van der Waals surface area (Å²) < 4.78 is 5.48. The van der Waals surface area contributed by atoms with Crippen LogP contribution in [0.25, 0.3) is 0 Å². The molecule has 0 spiro atoms. The molecule has 2 saturated heterocycles. The maximum Gasteiger partial charge on any atom is 0.410 e. The van der Waals surface area contributed by atoms with E-state index < -0.39 is 11.0 Å². The highest BCUT2D eigenvalue weighted by molar-refractivity contribution is 5.71. The lowest BCUT2D eigenvalue weighted by molar-refractivity contribution is -0.120. The lowest BCUT2D eigenvalue weighted by Gasteiger charge is -2.43. The molecule has 1 amide bonds. The number of terminal acetylenes is 1. The number of carbonyl (C=O) groups is 2. The molecule has 2 bridgehead atoms. The largest absolute Gasteiger partial charge is 0.444 e. The fourth-order valence-electron chi connectivity index (χ4n) is 3.48. The lowest BCUT2D eigenvalue weighted by atomic mass is 9.74. The molecule has 0 N–H and O–H groups in total. The topological polar surface area (TPSA) is 46.6 Å². The zero-order valence-electron chi connectivity index (χ0n) is 12.5. The van der Waals surface area contributed by atoms with Crippen LogP contribution in [0.3, 0.4) is 0 Å². The standard InChI is InChI=1S/C16H23NO3/c1-5-8-16(11-18)9-12-6-7-13(10-16)17(12)14(19)20-15(2,3)4/h1,11-13H,6-10H2,2-4H3. The molecule has 110 valence electrons. The Bertz CT molecular complexity index is 430. The predicted molar refractivity (Wildman–Crippen MR) is 76.1 cm³/mol. The minimum atomic E-state index is -0.492. The molecule has 4 heteroatoms. The highest BCUT2D eigenvalue weighted by Gasteiger charge is 2.50. The summed E-state index contributed by atoms with van der Waals surface area (Å²) in [7, 11) is 0. The molecule has 0 aromatic heterocycles. The van der Waals surface area contributed by atoms with Crippen molar-refractivity contribution in [1.29, 1.82) is 0 Å². The number of nitrogens with zero attached hydrogens (tertiary/aromatic N) is 1. The zero-order valence-corrected chi connectivity index (χ0v) is 12.5. The van der Waals surface area contributed by atoms with Crippen molar-refractivity contribution in [2.24, 2.45) is 5.41 Å². The molecule has 2 aliphatic rings. The van der Waals surface area contributed by atoms with Crippen LogP contribution in [-0.2, 0) is 9.53 Å². The summed E-state index contributed by atoms with van der Waals surface area (Å²) in [5, 5.41) is 0. The van der Waals surface area contributed by atoms with E-state index in [0.29, 0.717) is 19.3 Å². The number of piperidine rings is 1. The van der Waals surface area contributed by atoms with Crippen molar-refractivity contribution in [1.82, 2.24) is 4.90 Å². The number of hydrogen-bond donors (Lipinski definition) is 0. The zero-order chi connectivity index (χ0) is 15.0. The van der Waals surface area contributed by atoms with Gasteiger partial charge in [0.2, 0.25) is 0 Å². The van der Waals surface area contributed by atoms with E-state index in [-0.39, 0.29) is 18.2 Å².